The highest BCUT2D eigenvalue weighted by Gasteiger charge is 2.29. The number of likely N-dealkylation sites (tertiary alicyclic amines) is 1. The first-order valence-electron chi connectivity index (χ1n) is 9.36. The molecule has 0 atom stereocenters. The Bertz CT molecular complexity index is 797. The minimum atomic E-state index is -0.0418. The van der Waals surface area contributed by atoms with Gasteiger partial charge in [-0.3, -0.25) is 9.59 Å². The molecule has 2 amide bonds. The Kier molecular flexibility index (Phi) is 5.42. The molecule has 1 aromatic heterocycles. The molecule has 4 rings (SSSR count). The van der Waals surface area contributed by atoms with Crippen LogP contribution in [-0.4, -0.2) is 50.3 Å². The molecule has 0 unspecified atom stereocenters. The normalized spacial score (nSPS) is 17.7. The third-order valence-corrected chi connectivity index (χ3v) is 6.01. The zero-order valence-electron chi connectivity index (χ0n) is 15.1. The average molecular weight is 385 g/mol. The van der Waals surface area contributed by atoms with E-state index in [0.29, 0.717) is 37.7 Å². The summed E-state index contributed by atoms with van der Waals surface area (Å²) in [6, 6.07) is 10.0. The molecule has 0 radical (unpaired) electrons. The van der Waals surface area contributed by atoms with Crippen LogP contribution in [0.2, 0.25) is 0 Å². The number of carbonyl (C=O) groups is 2. The molecule has 0 bridgehead atoms. The van der Waals surface area contributed by atoms with E-state index in [1.54, 1.807) is 6.33 Å². The lowest BCUT2D eigenvalue weighted by molar-refractivity contribution is -0.132. The number of anilines is 1. The maximum absolute atomic E-state index is 12.5. The van der Waals surface area contributed by atoms with Gasteiger partial charge in [0.1, 0.15) is 6.33 Å². The molecule has 1 N–H and O–H groups in total. The van der Waals surface area contributed by atoms with E-state index in [1.165, 1.54) is 11.8 Å². The first kappa shape index (κ1) is 18.0. The number of aromatic nitrogens is 3. The predicted molar refractivity (Wildman–Crippen MR) is 103 cm³/mol. The predicted octanol–water partition coefficient (Wildman–Crippen LogP) is 2.58. The molecule has 0 spiro atoms. The lowest BCUT2D eigenvalue weighted by atomic mass is 9.96. The fraction of sp³-hybridized carbons (Fsp3) is 0.474. The standard InChI is InChI=1S/C19H23N5O2S/c25-17(12-27-19-22-20-13-24(19)16-6-7-16)23-10-8-14(9-11-23)18(26)21-15-4-2-1-3-5-15/h1-5,13-14,16H,6-12H2,(H,21,26). The fourth-order valence-corrected chi connectivity index (χ4v) is 4.20. The van der Waals surface area contributed by atoms with Crippen LogP contribution in [0.5, 0.6) is 0 Å². The smallest absolute Gasteiger partial charge is 0.233 e. The average Bonchev–Trinajstić information content (AvgIpc) is 3.44. The van der Waals surface area contributed by atoms with Gasteiger partial charge in [-0.05, 0) is 37.8 Å². The van der Waals surface area contributed by atoms with Gasteiger partial charge >= 0.3 is 0 Å². The second-order valence-corrected chi connectivity index (χ2v) is 7.99. The zero-order chi connectivity index (χ0) is 18.6. The summed E-state index contributed by atoms with van der Waals surface area (Å²) in [5.74, 6) is 0.471. The van der Waals surface area contributed by atoms with Crippen LogP contribution in [0.15, 0.2) is 41.8 Å². The Morgan fingerprint density at radius 3 is 2.56 bits per heavy atom. The summed E-state index contributed by atoms with van der Waals surface area (Å²) < 4.78 is 2.07. The largest absolute Gasteiger partial charge is 0.342 e. The highest BCUT2D eigenvalue weighted by Crippen LogP contribution is 2.37. The Morgan fingerprint density at radius 1 is 1.11 bits per heavy atom. The van der Waals surface area contributed by atoms with Crippen LogP contribution in [0.4, 0.5) is 5.69 Å². The van der Waals surface area contributed by atoms with Crippen LogP contribution >= 0.6 is 11.8 Å². The number of piperidine rings is 1. The number of hydrogen-bond acceptors (Lipinski definition) is 5. The number of para-hydroxylation sites is 1. The minimum absolute atomic E-state index is 0.0418. The number of carbonyl (C=O) groups excluding carboxylic acids is 2. The Morgan fingerprint density at radius 2 is 1.85 bits per heavy atom. The molecule has 1 aliphatic carbocycles. The van der Waals surface area contributed by atoms with Gasteiger partial charge < -0.3 is 14.8 Å². The van der Waals surface area contributed by atoms with E-state index in [4.69, 9.17) is 0 Å². The Balaban J connectivity index is 1.23. The summed E-state index contributed by atoms with van der Waals surface area (Å²) in [6.07, 6.45) is 5.48. The van der Waals surface area contributed by atoms with Crippen molar-refractivity contribution in [3.8, 4) is 0 Å². The van der Waals surface area contributed by atoms with Crippen molar-refractivity contribution in [3.63, 3.8) is 0 Å². The number of thioether (sulfide) groups is 1. The van der Waals surface area contributed by atoms with Gasteiger partial charge in [0.25, 0.3) is 0 Å². The van der Waals surface area contributed by atoms with E-state index in [0.717, 1.165) is 23.7 Å². The zero-order valence-corrected chi connectivity index (χ0v) is 15.9. The van der Waals surface area contributed by atoms with Crippen molar-refractivity contribution >= 4 is 29.3 Å². The molecule has 1 aromatic carbocycles. The molecule has 2 aromatic rings. The molecular formula is C19H23N5O2S. The Hall–Kier alpha value is -2.35. The SMILES string of the molecule is O=C(Nc1ccccc1)C1CCN(C(=O)CSc2nncn2C2CC2)CC1. The van der Waals surface area contributed by atoms with Crippen molar-refractivity contribution in [2.75, 3.05) is 24.2 Å². The van der Waals surface area contributed by atoms with Gasteiger partial charge in [0.15, 0.2) is 5.16 Å². The van der Waals surface area contributed by atoms with Gasteiger partial charge in [-0.1, -0.05) is 30.0 Å². The van der Waals surface area contributed by atoms with Crippen LogP contribution in [-0.2, 0) is 9.59 Å². The van der Waals surface area contributed by atoms with Crippen molar-refractivity contribution in [3.05, 3.63) is 36.7 Å². The lowest BCUT2D eigenvalue weighted by Gasteiger charge is -2.31. The second-order valence-electron chi connectivity index (χ2n) is 7.05. The van der Waals surface area contributed by atoms with Gasteiger partial charge in [0.2, 0.25) is 11.8 Å². The van der Waals surface area contributed by atoms with Gasteiger partial charge in [-0.2, -0.15) is 0 Å². The molecule has 7 nitrogen and oxygen atoms in total. The van der Waals surface area contributed by atoms with Crippen LogP contribution in [0.1, 0.15) is 31.7 Å². The van der Waals surface area contributed by atoms with E-state index in [2.05, 4.69) is 20.1 Å². The van der Waals surface area contributed by atoms with Gasteiger partial charge in [-0.15, -0.1) is 10.2 Å². The maximum Gasteiger partial charge on any atom is 0.233 e. The number of benzene rings is 1. The van der Waals surface area contributed by atoms with Gasteiger partial charge in [0, 0.05) is 30.7 Å². The quantitative estimate of drug-likeness (QED) is 0.773. The number of amides is 2. The number of hydrogen-bond donors (Lipinski definition) is 1. The van der Waals surface area contributed by atoms with Crippen molar-refractivity contribution in [2.24, 2.45) is 5.92 Å². The second kappa shape index (κ2) is 8.12. The molecule has 8 heteroatoms. The summed E-state index contributed by atoms with van der Waals surface area (Å²) >= 11 is 1.45. The molecule has 1 saturated carbocycles. The fourth-order valence-electron chi connectivity index (χ4n) is 3.31. The highest BCUT2D eigenvalue weighted by atomic mass is 32.2. The van der Waals surface area contributed by atoms with Crippen LogP contribution < -0.4 is 5.32 Å². The molecule has 1 aliphatic heterocycles. The highest BCUT2D eigenvalue weighted by molar-refractivity contribution is 7.99. The Labute approximate surface area is 162 Å². The molecule has 2 aliphatic rings. The maximum atomic E-state index is 12.5. The van der Waals surface area contributed by atoms with Crippen LogP contribution in [0.25, 0.3) is 0 Å². The summed E-state index contributed by atoms with van der Waals surface area (Å²) in [6.45, 7) is 1.25. The van der Waals surface area contributed by atoms with Crippen LogP contribution in [0, 0.1) is 5.92 Å². The van der Waals surface area contributed by atoms with E-state index >= 15 is 0 Å². The van der Waals surface area contributed by atoms with Gasteiger partial charge in [-0.25, -0.2) is 0 Å². The van der Waals surface area contributed by atoms with E-state index in [-0.39, 0.29) is 17.7 Å². The van der Waals surface area contributed by atoms with Crippen molar-refractivity contribution in [2.45, 2.75) is 36.9 Å². The number of nitrogens with one attached hydrogen (secondary N) is 1. The van der Waals surface area contributed by atoms with E-state index in [9.17, 15) is 9.59 Å². The molecule has 2 fully saturated rings. The van der Waals surface area contributed by atoms with Crippen molar-refractivity contribution < 1.29 is 9.59 Å². The summed E-state index contributed by atoms with van der Waals surface area (Å²) in [5, 5.41) is 11.9. The summed E-state index contributed by atoms with van der Waals surface area (Å²) in [5.41, 5.74) is 0.817. The van der Waals surface area contributed by atoms with Gasteiger partial charge in [0.05, 0.1) is 5.75 Å². The van der Waals surface area contributed by atoms with E-state index < -0.39 is 0 Å². The number of rotatable bonds is 6. The van der Waals surface area contributed by atoms with E-state index in [1.807, 2.05) is 35.2 Å². The molecular weight excluding hydrogens is 362 g/mol. The minimum Gasteiger partial charge on any atom is -0.342 e. The lowest BCUT2D eigenvalue weighted by Crippen LogP contribution is -2.42. The summed E-state index contributed by atoms with van der Waals surface area (Å²) in [4.78, 5) is 26.8. The monoisotopic (exact) mass is 385 g/mol. The first-order chi connectivity index (χ1) is 13.2. The number of nitrogens with zero attached hydrogens (tertiary/aromatic N) is 4. The van der Waals surface area contributed by atoms with Crippen molar-refractivity contribution in [1.29, 1.82) is 0 Å². The topological polar surface area (TPSA) is 80.1 Å². The molecule has 142 valence electrons. The first-order valence-corrected chi connectivity index (χ1v) is 10.4. The third-order valence-electron chi connectivity index (χ3n) is 5.06. The van der Waals surface area contributed by atoms with Crippen molar-refractivity contribution in [1.82, 2.24) is 19.7 Å². The third kappa shape index (κ3) is 4.50. The molecule has 27 heavy (non-hydrogen) atoms. The summed E-state index contributed by atoms with van der Waals surface area (Å²) in [7, 11) is 0. The van der Waals surface area contributed by atoms with Crippen LogP contribution in [0.3, 0.4) is 0 Å². The molecule has 1 saturated heterocycles. The molecule has 2 heterocycles.